The minimum absolute atomic E-state index is 0.542. The highest BCUT2D eigenvalue weighted by Gasteiger charge is 2.02. The van der Waals surface area contributed by atoms with E-state index in [9.17, 15) is 0 Å². The van der Waals surface area contributed by atoms with E-state index in [0.717, 1.165) is 24.2 Å². The zero-order valence-corrected chi connectivity index (χ0v) is 11.0. The quantitative estimate of drug-likeness (QED) is 0.768. The largest absolute Gasteiger partial charge is 0.423 e. The summed E-state index contributed by atoms with van der Waals surface area (Å²) in [6.07, 6.45) is 2.34. The highest BCUT2D eigenvalue weighted by molar-refractivity contribution is 5.58. The van der Waals surface area contributed by atoms with Crippen LogP contribution in [0.1, 0.15) is 5.56 Å². The Kier molecular flexibility index (Phi) is 3.73. The smallest absolute Gasteiger partial charge is 0.247 e. The van der Waals surface area contributed by atoms with Gasteiger partial charge in [0.05, 0.1) is 0 Å². The molecule has 1 N–H and O–H groups in total. The van der Waals surface area contributed by atoms with E-state index < -0.39 is 0 Å². The molecule has 0 aliphatic heterocycles. The van der Waals surface area contributed by atoms with Crippen LogP contribution in [0.2, 0.25) is 0 Å². The molecule has 100 valence electrons. The Hall–Kier alpha value is -2.62. The van der Waals surface area contributed by atoms with Gasteiger partial charge in [0.2, 0.25) is 12.3 Å². The van der Waals surface area contributed by atoms with Gasteiger partial charge in [-0.15, -0.1) is 10.2 Å². The molecule has 3 rings (SSSR count). The molecule has 0 aliphatic carbocycles. The van der Waals surface area contributed by atoms with Gasteiger partial charge < -0.3 is 9.73 Å². The summed E-state index contributed by atoms with van der Waals surface area (Å²) in [4.78, 5) is 0. The lowest BCUT2D eigenvalue weighted by molar-refractivity contribution is 0.568. The molecule has 0 saturated heterocycles. The van der Waals surface area contributed by atoms with Gasteiger partial charge in [0.1, 0.15) is 0 Å². The van der Waals surface area contributed by atoms with Crippen molar-refractivity contribution in [2.75, 3.05) is 11.9 Å². The lowest BCUT2D eigenvalue weighted by atomic mass is 10.1. The van der Waals surface area contributed by atoms with Gasteiger partial charge in [-0.1, -0.05) is 30.3 Å². The summed E-state index contributed by atoms with van der Waals surface area (Å²) in [7, 11) is 0. The third-order valence-corrected chi connectivity index (χ3v) is 3.08. The van der Waals surface area contributed by atoms with Gasteiger partial charge in [0.15, 0.2) is 0 Å². The maximum Gasteiger partial charge on any atom is 0.247 e. The minimum atomic E-state index is 0.542. The Labute approximate surface area is 117 Å². The van der Waals surface area contributed by atoms with Crippen molar-refractivity contribution < 1.29 is 4.42 Å². The van der Waals surface area contributed by atoms with E-state index in [1.54, 1.807) is 0 Å². The van der Waals surface area contributed by atoms with E-state index in [-0.39, 0.29) is 0 Å². The molecule has 3 aromatic rings. The molecule has 1 aromatic heterocycles. The SMILES string of the molecule is c1ccc(CCNc2ccc(-c3nnco3)cc2)cc1. The summed E-state index contributed by atoms with van der Waals surface area (Å²) >= 11 is 0. The number of hydrogen-bond acceptors (Lipinski definition) is 4. The van der Waals surface area contributed by atoms with Crippen molar-refractivity contribution in [2.24, 2.45) is 0 Å². The van der Waals surface area contributed by atoms with Gasteiger partial charge in [0.25, 0.3) is 0 Å². The average molecular weight is 265 g/mol. The predicted molar refractivity (Wildman–Crippen MR) is 78.4 cm³/mol. The van der Waals surface area contributed by atoms with Crippen LogP contribution in [0.25, 0.3) is 11.5 Å². The van der Waals surface area contributed by atoms with E-state index in [2.05, 4.69) is 39.8 Å². The standard InChI is InChI=1S/C16H15N3O/c1-2-4-13(5-3-1)10-11-17-15-8-6-14(7-9-15)16-19-18-12-20-16/h1-9,12,17H,10-11H2. The number of nitrogens with zero attached hydrogens (tertiary/aromatic N) is 2. The molecule has 0 spiro atoms. The molecule has 4 nitrogen and oxygen atoms in total. The normalized spacial score (nSPS) is 10.4. The van der Waals surface area contributed by atoms with E-state index in [0.29, 0.717) is 5.89 Å². The summed E-state index contributed by atoms with van der Waals surface area (Å²) in [5.74, 6) is 0.542. The summed E-state index contributed by atoms with van der Waals surface area (Å²) in [6, 6.07) is 18.4. The maximum atomic E-state index is 5.16. The molecular formula is C16H15N3O. The van der Waals surface area contributed by atoms with Crippen molar-refractivity contribution in [1.29, 1.82) is 0 Å². The summed E-state index contributed by atoms with van der Waals surface area (Å²) in [5, 5.41) is 11.0. The van der Waals surface area contributed by atoms with Crippen molar-refractivity contribution in [1.82, 2.24) is 10.2 Å². The van der Waals surface area contributed by atoms with Crippen LogP contribution in [-0.4, -0.2) is 16.7 Å². The minimum Gasteiger partial charge on any atom is -0.423 e. The summed E-state index contributed by atoms with van der Waals surface area (Å²) in [5.41, 5.74) is 3.35. The van der Waals surface area contributed by atoms with Gasteiger partial charge >= 0.3 is 0 Å². The number of benzene rings is 2. The number of hydrogen-bond donors (Lipinski definition) is 1. The zero-order chi connectivity index (χ0) is 13.6. The first-order valence-electron chi connectivity index (χ1n) is 6.56. The van der Waals surface area contributed by atoms with Crippen molar-refractivity contribution in [3.05, 3.63) is 66.6 Å². The molecule has 0 fully saturated rings. The van der Waals surface area contributed by atoms with Crippen molar-refractivity contribution in [2.45, 2.75) is 6.42 Å². The van der Waals surface area contributed by atoms with Crippen LogP contribution in [0.4, 0.5) is 5.69 Å². The first-order valence-corrected chi connectivity index (χ1v) is 6.56. The van der Waals surface area contributed by atoms with Crippen molar-refractivity contribution in [3.8, 4) is 11.5 Å². The molecule has 0 amide bonds. The van der Waals surface area contributed by atoms with E-state index in [4.69, 9.17) is 4.42 Å². The topological polar surface area (TPSA) is 51.0 Å². The lowest BCUT2D eigenvalue weighted by Gasteiger charge is -2.06. The van der Waals surface area contributed by atoms with Gasteiger partial charge in [-0.25, -0.2) is 0 Å². The zero-order valence-electron chi connectivity index (χ0n) is 11.0. The number of aromatic nitrogens is 2. The molecule has 2 aromatic carbocycles. The van der Waals surface area contributed by atoms with Crippen LogP contribution >= 0.6 is 0 Å². The molecule has 1 heterocycles. The van der Waals surface area contributed by atoms with Gasteiger partial charge in [0, 0.05) is 17.8 Å². The van der Waals surface area contributed by atoms with Crippen molar-refractivity contribution >= 4 is 5.69 Å². The molecule has 20 heavy (non-hydrogen) atoms. The van der Waals surface area contributed by atoms with Crippen LogP contribution in [0.3, 0.4) is 0 Å². The Morgan fingerprint density at radius 1 is 0.950 bits per heavy atom. The average Bonchev–Trinajstić information content (AvgIpc) is 3.03. The number of nitrogens with one attached hydrogen (secondary N) is 1. The van der Waals surface area contributed by atoms with Gasteiger partial charge in [-0.2, -0.15) is 0 Å². The molecule has 0 atom stereocenters. The third kappa shape index (κ3) is 3.03. The van der Waals surface area contributed by atoms with E-state index in [1.165, 1.54) is 12.0 Å². The highest BCUT2D eigenvalue weighted by atomic mass is 16.4. The van der Waals surface area contributed by atoms with E-state index >= 15 is 0 Å². The molecular weight excluding hydrogens is 250 g/mol. The van der Waals surface area contributed by atoms with E-state index in [1.807, 2.05) is 30.3 Å². The second kappa shape index (κ2) is 6.02. The Bertz CT molecular complexity index is 633. The van der Waals surface area contributed by atoms with Gasteiger partial charge in [-0.3, -0.25) is 0 Å². The number of anilines is 1. The summed E-state index contributed by atoms with van der Waals surface area (Å²) in [6.45, 7) is 0.907. The Balaban J connectivity index is 1.56. The molecule has 0 saturated carbocycles. The highest BCUT2D eigenvalue weighted by Crippen LogP contribution is 2.18. The van der Waals surface area contributed by atoms with Crippen LogP contribution in [0.5, 0.6) is 0 Å². The molecule has 0 aliphatic rings. The summed E-state index contributed by atoms with van der Waals surface area (Å²) < 4.78 is 5.16. The fraction of sp³-hybridized carbons (Fsp3) is 0.125. The fourth-order valence-corrected chi connectivity index (χ4v) is 2.03. The second-order valence-corrected chi connectivity index (χ2v) is 4.48. The second-order valence-electron chi connectivity index (χ2n) is 4.48. The molecule has 4 heteroatoms. The predicted octanol–water partition coefficient (Wildman–Crippen LogP) is 3.39. The third-order valence-electron chi connectivity index (χ3n) is 3.08. The molecule has 0 bridgehead atoms. The molecule has 0 unspecified atom stereocenters. The van der Waals surface area contributed by atoms with Crippen molar-refractivity contribution in [3.63, 3.8) is 0 Å². The fourth-order valence-electron chi connectivity index (χ4n) is 2.03. The van der Waals surface area contributed by atoms with Crippen LogP contribution < -0.4 is 5.32 Å². The number of rotatable bonds is 5. The first-order chi connectivity index (χ1) is 9.92. The molecule has 0 radical (unpaired) electrons. The lowest BCUT2D eigenvalue weighted by Crippen LogP contribution is -2.04. The maximum absolute atomic E-state index is 5.16. The Morgan fingerprint density at radius 2 is 1.75 bits per heavy atom. The monoisotopic (exact) mass is 265 g/mol. The van der Waals surface area contributed by atoms with Crippen LogP contribution in [-0.2, 0) is 6.42 Å². The Morgan fingerprint density at radius 3 is 2.45 bits per heavy atom. The van der Waals surface area contributed by atoms with Crippen LogP contribution in [0, 0.1) is 0 Å². The van der Waals surface area contributed by atoms with Gasteiger partial charge in [-0.05, 0) is 36.2 Å². The van der Waals surface area contributed by atoms with Crippen LogP contribution in [0.15, 0.2) is 65.4 Å². The first kappa shape index (κ1) is 12.4.